The maximum Gasteiger partial charge on any atom is 0.270 e. The van der Waals surface area contributed by atoms with E-state index in [1.807, 2.05) is 39.0 Å². The number of rotatable bonds is 5. The van der Waals surface area contributed by atoms with Crippen LogP contribution in [0.25, 0.3) is 0 Å². The van der Waals surface area contributed by atoms with Gasteiger partial charge in [0.1, 0.15) is 11.4 Å². The van der Waals surface area contributed by atoms with Gasteiger partial charge in [-0.2, -0.15) is 0 Å². The van der Waals surface area contributed by atoms with Crippen LogP contribution in [-0.2, 0) is 10.0 Å². The Morgan fingerprint density at radius 2 is 1.90 bits per heavy atom. The van der Waals surface area contributed by atoms with Crippen molar-refractivity contribution in [1.29, 1.82) is 0 Å². The van der Waals surface area contributed by atoms with Crippen molar-refractivity contribution in [3.05, 3.63) is 65.2 Å². The van der Waals surface area contributed by atoms with E-state index in [2.05, 4.69) is 20.2 Å². The summed E-state index contributed by atoms with van der Waals surface area (Å²) in [6.07, 6.45) is 0.457. The van der Waals surface area contributed by atoms with E-state index in [-0.39, 0.29) is 15.4 Å². The molecule has 1 aliphatic rings. The Kier molecular flexibility index (Phi) is 5.54. The van der Waals surface area contributed by atoms with Gasteiger partial charge in [0.15, 0.2) is 0 Å². The number of carbonyl (C=O) groups excluding carboxylic acids is 1. The van der Waals surface area contributed by atoms with Crippen molar-refractivity contribution in [2.24, 2.45) is 0 Å². The van der Waals surface area contributed by atoms with Gasteiger partial charge in [-0.1, -0.05) is 41.7 Å². The normalized spacial score (nSPS) is 17.5. The summed E-state index contributed by atoms with van der Waals surface area (Å²) in [5.74, 6) is 0.279. The van der Waals surface area contributed by atoms with Gasteiger partial charge in [0, 0.05) is 17.5 Å². The zero-order valence-electron chi connectivity index (χ0n) is 17.2. The van der Waals surface area contributed by atoms with Gasteiger partial charge < -0.3 is 4.74 Å². The van der Waals surface area contributed by atoms with Crippen LogP contribution in [0.4, 0.5) is 5.13 Å². The number of benzene rings is 2. The quantitative estimate of drug-likeness (QED) is 0.565. The summed E-state index contributed by atoms with van der Waals surface area (Å²) in [6, 6.07) is 13.8. The third-order valence-electron chi connectivity index (χ3n) is 4.82. The highest BCUT2D eigenvalue weighted by atomic mass is 32.2. The number of aromatic nitrogens is 2. The van der Waals surface area contributed by atoms with E-state index in [4.69, 9.17) is 4.74 Å². The average Bonchev–Trinajstić information content (AvgIpc) is 3.16. The third kappa shape index (κ3) is 4.76. The van der Waals surface area contributed by atoms with E-state index < -0.39 is 21.7 Å². The smallest absolute Gasteiger partial charge is 0.270 e. The van der Waals surface area contributed by atoms with E-state index in [0.717, 1.165) is 22.5 Å². The fourth-order valence-corrected chi connectivity index (χ4v) is 5.56. The van der Waals surface area contributed by atoms with E-state index >= 15 is 0 Å². The first-order valence-corrected chi connectivity index (χ1v) is 11.9. The highest BCUT2D eigenvalue weighted by Gasteiger charge is 2.37. The molecule has 3 aromatic rings. The molecule has 0 aliphatic carbocycles. The lowest BCUT2D eigenvalue weighted by molar-refractivity contribution is 0.0701. The number of nitrogens with one attached hydrogen (secondary N) is 2. The molecule has 1 aliphatic heterocycles. The lowest BCUT2D eigenvalue weighted by Gasteiger charge is -2.37. The zero-order chi connectivity index (χ0) is 22.2. The van der Waals surface area contributed by atoms with Crippen molar-refractivity contribution in [3.8, 4) is 5.75 Å². The molecule has 8 nitrogen and oxygen atoms in total. The Balaban J connectivity index is 1.54. The Morgan fingerprint density at radius 1 is 1.16 bits per heavy atom. The van der Waals surface area contributed by atoms with Crippen LogP contribution >= 0.6 is 11.3 Å². The van der Waals surface area contributed by atoms with Gasteiger partial charge in [-0.05, 0) is 44.5 Å². The number of sulfonamides is 1. The molecule has 31 heavy (non-hydrogen) atoms. The first kappa shape index (κ1) is 21.4. The largest absolute Gasteiger partial charge is 0.487 e. The second-order valence-corrected chi connectivity index (χ2v) is 10.8. The van der Waals surface area contributed by atoms with Gasteiger partial charge in [0.2, 0.25) is 9.47 Å². The standard InChI is InChI=1S/C21H22N4O4S2/c1-13-9-10-15-16(12-21(2,3)29-17(15)11-13)25-31(27,28)20-24-23-19(30-20)22-18(26)14-7-5-4-6-8-14/h4-11,16,25H,12H2,1-3H3,(H,22,23,26)/t16-/m1/s1. The minimum Gasteiger partial charge on any atom is -0.487 e. The molecule has 4 rings (SSSR count). The monoisotopic (exact) mass is 458 g/mol. The van der Waals surface area contributed by atoms with Gasteiger partial charge in [-0.3, -0.25) is 10.1 Å². The van der Waals surface area contributed by atoms with Crippen LogP contribution < -0.4 is 14.8 Å². The number of carbonyl (C=O) groups is 1. The number of ether oxygens (including phenoxy) is 1. The molecule has 1 aromatic heterocycles. The lowest BCUT2D eigenvalue weighted by atomic mass is 9.90. The van der Waals surface area contributed by atoms with Gasteiger partial charge in [0.25, 0.3) is 15.9 Å². The van der Waals surface area contributed by atoms with Crippen LogP contribution in [0.1, 0.15) is 47.8 Å². The predicted octanol–water partition coefficient (Wildman–Crippen LogP) is 3.68. The second kappa shape index (κ2) is 8.03. The molecular weight excluding hydrogens is 436 g/mol. The highest BCUT2D eigenvalue weighted by Crippen LogP contribution is 2.40. The zero-order valence-corrected chi connectivity index (χ0v) is 18.9. The summed E-state index contributed by atoms with van der Waals surface area (Å²) in [7, 11) is -3.95. The molecule has 162 valence electrons. The minimum atomic E-state index is -3.95. The molecule has 0 bridgehead atoms. The lowest BCUT2D eigenvalue weighted by Crippen LogP contribution is -2.41. The Bertz CT molecular complexity index is 1220. The SMILES string of the molecule is Cc1ccc2c(c1)OC(C)(C)C[C@H]2NS(=O)(=O)c1nnc(NC(=O)c2ccccc2)s1. The molecule has 0 radical (unpaired) electrons. The second-order valence-electron chi connectivity index (χ2n) is 7.97. The number of anilines is 1. The molecule has 2 N–H and O–H groups in total. The highest BCUT2D eigenvalue weighted by molar-refractivity contribution is 7.91. The van der Waals surface area contributed by atoms with Crippen molar-refractivity contribution in [2.45, 2.75) is 43.2 Å². The van der Waals surface area contributed by atoms with Gasteiger partial charge in [-0.25, -0.2) is 13.1 Å². The molecule has 0 saturated carbocycles. The van der Waals surface area contributed by atoms with Crippen LogP contribution in [0.2, 0.25) is 0 Å². The summed E-state index contributed by atoms with van der Waals surface area (Å²) in [6.45, 7) is 5.79. The fraction of sp³-hybridized carbons (Fsp3) is 0.286. The van der Waals surface area contributed by atoms with Crippen molar-refractivity contribution >= 4 is 32.4 Å². The first-order valence-electron chi connectivity index (χ1n) is 9.65. The summed E-state index contributed by atoms with van der Waals surface area (Å²) in [5, 5.41) is 10.3. The van der Waals surface area contributed by atoms with Crippen molar-refractivity contribution in [2.75, 3.05) is 5.32 Å². The van der Waals surface area contributed by atoms with Crippen LogP contribution in [0.3, 0.4) is 0 Å². The third-order valence-corrected chi connectivity index (χ3v) is 7.49. The molecule has 0 unspecified atom stereocenters. The first-order chi connectivity index (χ1) is 14.6. The van der Waals surface area contributed by atoms with E-state index in [9.17, 15) is 13.2 Å². The van der Waals surface area contributed by atoms with Gasteiger partial charge in [0.05, 0.1) is 6.04 Å². The number of hydrogen-bond acceptors (Lipinski definition) is 7. The van der Waals surface area contributed by atoms with Crippen LogP contribution in [-0.4, -0.2) is 30.1 Å². The van der Waals surface area contributed by atoms with Crippen LogP contribution in [0.5, 0.6) is 5.75 Å². The molecule has 0 saturated heterocycles. The van der Waals surface area contributed by atoms with Crippen molar-refractivity contribution in [3.63, 3.8) is 0 Å². The number of aryl methyl sites for hydroxylation is 1. The number of nitrogens with zero attached hydrogens (tertiary/aromatic N) is 2. The Labute approximate surface area is 184 Å². The topological polar surface area (TPSA) is 110 Å². The van der Waals surface area contributed by atoms with Crippen LogP contribution in [0, 0.1) is 6.92 Å². The van der Waals surface area contributed by atoms with Gasteiger partial charge >= 0.3 is 0 Å². The maximum atomic E-state index is 13.0. The summed E-state index contributed by atoms with van der Waals surface area (Å²) in [4.78, 5) is 12.3. The number of fused-ring (bicyclic) bond motifs is 1. The van der Waals surface area contributed by atoms with Crippen molar-refractivity contribution < 1.29 is 17.9 Å². The van der Waals surface area contributed by atoms with E-state index in [1.54, 1.807) is 30.3 Å². The molecule has 10 heteroatoms. The summed E-state index contributed by atoms with van der Waals surface area (Å²) >= 11 is 0.799. The Morgan fingerprint density at radius 3 is 2.65 bits per heavy atom. The molecule has 1 atom stereocenters. The van der Waals surface area contributed by atoms with Crippen LogP contribution in [0.15, 0.2) is 52.9 Å². The molecule has 2 aromatic carbocycles. The number of amides is 1. The van der Waals surface area contributed by atoms with Gasteiger partial charge in [-0.15, -0.1) is 10.2 Å². The molecule has 0 spiro atoms. The number of hydrogen-bond donors (Lipinski definition) is 2. The van der Waals surface area contributed by atoms with E-state index in [1.165, 1.54) is 0 Å². The molecule has 2 heterocycles. The van der Waals surface area contributed by atoms with Crippen molar-refractivity contribution in [1.82, 2.24) is 14.9 Å². The molecule has 1 amide bonds. The average molecular weight is 459 g/mol. The minimum absolute atomic E-state index is 0.109. The fourth-order valence-electron chi connectivity index (χ4n) is 3.43. The maximum absolute atomic E-state index is 13.0. The summed E-state index contributed by atoms with van der Waals surface area (Å²) < 4.78 is 34.5. The molecular formula is C21H22N4O4S2. The summed E-state index contributed by atoms with van der Waals surface area (Å²) in [5.41, 5.74) is 1.71. The van der Waals surface area contributed by atoms with E-state index in [0.29, 0.717) is 17.7 Å². The predicted molar refractivity (Wildman–Crippen MR) is 118 cm³/mol. The molecule has 0 fully saturated rings. The Hall–Kier alpha value is -2.82.